The van der Waals surface area contributed by atoms with Gasteiger partial charge in [0.05, 0.1) is 13.7 Å². The SMILES string of the molecule is COc1cc(CN(CC(=O)O)C(C)(C)C)cc2c1OCO2. The molecule has 0 bridgehead atoms. The number of ether oxygens (including phenoxy) is 3. The molecule has 0 saturated heterocycles. The largest absolute Gasteiger partial charge is 0.493 e. The van der Waals surface area contributed by atoms with E-state index >= 15 is 0 Å². The van der Waals surface area contributed by atoms with E-state index in [9.17, 15) is 4.79 Å². The van der Waals surface area contributed by atoms with Crippen LogP contribution in [0.3, 0.4) is 0 Å². The number of aliphatic carboxylic acids is 1. The first-order chi connectivity index (χ1) is 9.81. The van der Waals surface area contributed by atoms with E-state index in [1.54, 1.807) is 7.11 Å². The smallest absolute Gasteiger partial charge is 0.317 e. The number of methoxy groups -OCH3 is 1. The van der Waals surface area contributed by atoms with Crippen molar-refractivity contribution in [2.24, 2.45) is 0 Å². The molecule has 0 atom stereocenters. The minimum atomic E-state index is -0.849. The number of nitrogens with zero attached hydrogens (tertiary/aromatic N) is 1. The Morgan fingerprint density at radius 3 is 2.67 bits per heavy atom. The van der Waals surface area contributed by atoms with Gasteiger partial charge in [0.25, 0.3) is 0 Å². The standard InChI is InChI=1S/C15H21NO5/c1-15(2,3)16(8-13(17)18)7-10-5-11(19-4)14-12(6-10)20-9-21-14/h5-6H,7-9H2,1-4H3,(H,17,18). The van der Waals surface area contributed by atoms with Crippen molar-refractivity contribution in [1.82, 2.24) is 4.90 Å². The van der Waals surface area contributed by atoms with Gasteiger partial charge in [-0.15, -0.1) is 0 Å². The minimum Gasteiger partial charge on any atom is -0.493 e. The summed E-state index contributed by atoms with van der Waals surface area (Å²) in [4.78, 5) is 12.9. The lowest BCUT2D eigenvalue weighted by molar-refractivity contribution is -0.139. The molecule has 1 aromatic rings. The molecule has 0 fully saturated rings. The fraction of sp³-hybridized carbons (Fsp3) is 0.533. The Balaban J connectivity index is 2.27. The molecule has 1 N–H and O–H groups in total. The molecule has 6 nitrogen and oxygen atoms in total. The molecule has 0 aromatic heterocycles. The number of hydrogen-bond donors (Lipinski definition) is 1. The lowest BCUT2D eigenvalue weighted by atomic mass is 10.0. The minimum absolute atomic E-state index is 0.0275. The third-order valence-corrected chi connectivity index (χ3v) is 3.37. The van der Waals surface area contributed by atoms with E-state index in [0.717, 1.165) is 5.56 Å². The lowest BCUT2D eigenvalue weighted by Crippen LogP contribution is -2.43. The summed E-state index contributed by atoms with van der Waals surface area (Å²) in [7, 11) is 1.57. The van der Waals surface area contributed by atoms with Crippen molar-refractivity contribution in [3.05, 3.63) is 17.7 Å². The molecule has 0 saturated carbocycles. The summed E-state index contributed by atoms with van der Waals surface area (Å²) in [5.74, 6) is 0.983. The number of benzene rings is 1. The van der Waals surface area contributed by atoms with Gasteiger partial charge in [-0.3, -0.25) is 9.69 Å². The average molecular weight is 295 g/mol. The maximum absolute atomic E-state index is 11.0. The molecule has 1 aliphatic heterocycles. The highest BCUT2D eigenvalue weighted by Crippen LogP contribution is 2.42. The Kier molecular flexibility index (Phi) is 4.27. The van der Waals surface area contributed by atoms with Crippen molar-refractivity contribution < 1.29 is 24.1 Å². The van der Waals surface area contributed by atoms with Gasteiger partial charge in [0.1, 0.15) is 0 Å². The zero-order chi connectivity index (χ0) is 15.6. The van der Waals surface area contributed by atoms with Crippen LogP contribution < -0.4 is 14.2 Å². The van der Waals surface area contributed by atoms with Gasteiger partial charge in [-0.1, -0.05) is 0 Å². The zero-order valence-corrected chi connectivity index (χ0v) is 12.8. The van der Waals surface area contributed by atoms with E-state index in [1.807, 2.05) is 37.8 Å². The predicted molar refractivity (Wildman–Crippen MR) is 76.9 cm³/mol. The number of carboxylic acids is 1. The highest BCUT2D eigenvalue weighted by Gasteiger charge is 2.26. The first-order valence-corrected chi connectivity index (χ1v) is 6.74. The summed E-state index contributed by atoms with van der Waals surface area (Å²) in [6.07, 6.45) is 0. The van der Waals surface area contributed by atoms with E-state index in [0.29, 0.717) is 23.8 Å². The summed E-state index contributed by atoms with van der Waals surface area (Å²) >= 11 is 0. The fourth-order valence-electron chi connectivity index (χ4n) is 2.19. The molecular weight excluding hydrogens is 274 g/mol. The van der Waals surface area contributed by atoms with Crippen molar-refractivity contribution in [1.29, 1.82) is 0 Å². The summed E-state index contributed by atoms with van der Waals surface area (Å²) in [6, 6.07) is 3.72. The lowest BCUT2D eigenvalue weighted by Gasteiger charge is -2.34. The quantitative estimate of drug-likeness (QED) is 0.897. The van der Waals surface area contributed by atoms with Crippen LogP contribution in [0, 0.1) is 0 Å². The summed E-state index contributed by atoms with van der Waals surface area (Å²) < 4.78 is 16.1. The molecule has 21 heavy (non-hydrogen) atoms. The summed E-state index contributed by atoms with van der Waals surface area (Å²) in [5.41, 5.74) is 0.661. The molecule has 116 valence electrons. The molecule has 1 aliphatic rings. The Morgan fingerprint density at radius 1 is 1.38 bits per heavy atom. The van der Waals surface area contributed by atoms with E-state index in [4.69, 9.17) is 19.3 Å². The van der Waals surface area contributed by atoms with Gasteiger partial charge in [0.15, 0.2) is 11.5 Å². The fourth-order valence-corrected chi connectivity index (χ4v) is 2.19. The van der Waals surface area contributed by atoms with Gasteiger partial charge in [-0.2, -0.15) is 0 Å². The normalized spacial score (nSPS) is 13.6. The van der Waals surface area contributed by atoms with Crippen LogP contribution in [0.15, 0.2) is 12.1 Å². The van der Waals surface area contributed by atoms with Gasteiger partial charge in [-0.25, -0.2) is 0 Å². The number of carboxylic acid groups (broad SMARTS) is 1. The second-order valence-electron chi connectivity index (χ2n) is 5.95. The number of hydrogen-bond acceptors (Lipinski definition) is 5. The number of fused-ring (bicyclic) bond motifs is 1. The predicted octanol–water partition coefficient (Wildman–Crippen LogP) is 2.11. The molecule has 6 heteroatoms. The van der Waals surface area contributed by atoms with Crippen molar-refractivity contribution >= 4 is 5.97 Å². The maximum Gasteiger partial charge on any atom is 0.317 e. The first kappa shape index (κ1) is 15.4. The van der Waals surface area contributed by atoms with Crippen molar-refractivity contribution in [3.8, 4) is 17.2 Å². The van der Waals surface area contributed by atoms with Crippen LogP contribution in [0.2, 0.25) is 0 Å². The highest BCUT2D eigenvalue weighted by molar-refractivity contribution is 5.69. The van der Waals surface area contributed by atoms with Gasteiger partial charge in [-0.05, 0) is 38.5 Å². The second kappa shape index (κ2) is 5.81. The van der Waals surface area contributed by atoms with Crippen LogP contribution in [-0.2, 0) is 11.3 Å². The molecular formula is C15H21NO5. The summed E-state index contributed by atoms with van der Waals surface area (Å²) in [5, 5.41) is 9.07. The van der Waals surface area contributed by atoms with E-state index in [2.05, 4.69) is 0 Å². The van der Waals surface area contributed by atoms with Crippen LogP contribution in [0.25, 0.3) is 0 Å². The molecule has 1 heterocycles. The van der Waals surface area contributed by atoms with Gasteiger partial charge < -0.3 is 19.3 Å². The van der Waals surface area contributed by atoms with E-state index in [1.165, 1.54) is 0 Å². The molecule has 0 spiro atoms. The zero-order valence-electron chi connectivity index (χ0n) is 12.8. The van der Waals surface area contributed by atoms with Crippen LogP contribution in [0.5, 0.6) is 17.2 Å². The average Bonchev–Trinajstić information content (AvgIpc) is 2.83. The van der Waals surface area contributed by atoms with E-state index < -0.39 is 5.97 Å². The van der Waals surface area contributed by atoms with Crippen molar-refractivity contribution in [2.75, 3.05) is 20.4 Å². The number of carbonyl (C=O) groups is 1. The van der Waals surface area contributed by atoms with Crippen LogP contribution in [0.1, 0.15) is 26.3 Å². The highest BCUT2D eigenvalue weighted by atomic mass is 16.7. The molecule has 0 unspecified atom stereocenters. The monoisotopic (exact) mass is 295 g/mol. The number of rotatable bonds is 5. The Hall–Kier alpha value is -1.95. The molecule has 2 rings (SSSR count). The Morgan fingerprint density at radius 2 is 2.10 bits per heavy atom. The van der Waals surface area contributed by atoms with Crippen LogP contribution in [-0.4, -0.2) is 42.0 Å². The molecule has 0 radical (unpaired) electrons. The van der Waals surface area contributed by atoms with E-state index in [-0.39, 0.29) is 18.9 Å². The maximum atomic E-state index is 11.0. The van der Waals surface area contributed by atoms with Crippen LogP contribution in [0.4, 0.5) is 0 Å². The topological polar surface area (TPSA) is 68.2 Å². The second-order valence-corrected chi connectivity index (χ2v) is 5.95. The first-order valence-electron chi connectivity index (χ1n) is 6.74. The third-order valence-electron chi connectivity index (χ3n) is 3.37. The van der Waals surface area contributed by atoms with Gasteiger partial charge >= 0.3 is 5.97 Å². The summed E-state index contributed by atoms with van der Waals surface area (Å²) in [6.45, 7) is 6.59. The molecule has 1 aromatic carbocycles. The van der Waals surface area contributed by atoms with Gasteiger partial charge in [0, 0.05) is 12.1 Å². The Bertz CT molecular complexity index is 536. The van der Waals surface area contributed by atoms with Crippen molar-refractivity contribution in [3.63, 3.8) is 0 Å². The Labute approximate surface area is 124 Å². The molecule has 0 amide bonds. The van der Waals surface area contributed by atoms with Gasteiger partial charge in [0.2, 0.25) is 12.5 Å². The van der Waals surface area contributed by atoms with Crippen molar-refractivity contribution in [2.45, 2.75) is 32.9 Å². The third kappa shape index (κ3) is 3.58. The van der Waals surface area contributed by atoms with Crippen LogP contribution >= 0.6 is 0 Å². The molecule has 0 aliphatic carbocycles.